The van der Waals surface area contributed by atoms with Crippen LogP contribution in [-0.2, 0) is 6.42 Å². The maximum atomic E-state index is 11.8. The van der Waals surface area contributed by atoms with Gasteiger partial charge in [-0.05, 0) is 25.5 Å². The van der Waals surface area contributed by atoms with E-state index in [9.17, 15) is 4.79 Å². The number of carbonyl (C=O) groups excluding carboxylic acids is 1. The predicted molar refractivity (Wildman–Crippen MR) is 68.1 cm³/mol. The lowest BCUT2D eigenvalue weighted by Crippen LogP contribution is -1.99. The highest BCUT2D eigenvalue weighted by Gasteiger charge is 2.05. The van der Waals surface area contributed by atoms with Crippen molar-refractivity contribution < 1.29 is 4.79 Å². The van der Waals surface area contributed by atoms with Crippen molar-refractivity contribution in [2.75, 3.05) is 0 Å². The minimum atomic E-state index is 0.228. The fraction of sp³-hybridized carbons (Fsp3) is 0.214. The van der Waals surface area contributed by atoms with Crippen molar-refractivity contribution in [2.45, 2.75) is 19.8 Å². The van der Waals surface area contributed by atoms with Gasteiger partial charge in [-0.15, -0.1) is 11.3 Å². The smallest absolute Gasteiger partial charge is 0.163 e. The van der Waals surface area contributed by atoms with Crippen LogP contribution >= 0.6 is 11.3 Å². The summed E-state index contributed by atoms with van der Waals surface area (Å²) in [5.74, 6) is 0.228. The Morgan fingerprint density at radius 1 is 1.12 bits per heavy atom. The summed E-state index contributed by atoms with van der Waals surface area (Å²) in [4.78, 5) is 14.4. The molecule has 0 N–H and O–H groups in total. The van der Waals surface area contributed by atoms with Crippen molar-refractivity contribution in [1.82, 2.24) is 0 Å². The Hall–Kier alpha value is -1.41. The van der Waals surface area contributed by atoms with Crippen molar-refractivity contribution >= 4 is 17.1 Å². The van der Waals surface area contributed by atoms with Crippen LogP contribution in [0.2, 0.25) is 0 Å². The molecule has 0 radical (unpaired) electrons. The zero-order valence-electron chi connectivity index (χ0n) is 9.27. The molecule has 1 aromatic carbocycles. The topological polar surface area (TPSA) is 17.1 Å². The number of aryl methyl sites for hydroxylation is 2. The third-order valence-electron chi connectivity index (χ3n) is 2.49. The molecule has 1 aromatic heterocycles. The molecular weight excluding hydrogens is 216 g/mol. The highest BCUT2D eigenvalue weighted by Crippen LogP contribution is 2.17. The Labute approximate surface area is 99.8 Å². The molecule has 0 unspecified atom stereocenters. The monoisotopic (exact) mass is 230 g/mol. The maximum absolute atomic E-state index is 11.8. The second-order valence-corrected chi connectivity index (χ2v) is 5.17. The zero-order chi connectivity index (χ0) is 11.4. The van der Waals surface area contributed by atoms with Crippen LogP contribution in [0.25, 0.3) is 0 Å². The minimum absolute atomic E-state index is 0.228. The van der Waals surface area contributed by atoms with Crippen LogP contribution in [-0.4, -0.2) is 5.78 Å². The molecule has 0 amide bonds. The molecule has 0 atom stereocenters. The summed E-state index contributed by atoms with van der Waals surface area (Å²) in [7, 11) is 0. The molecule has 0 aliphatic heterocycles. The summed E-state index contributed by atoms with van der Waals surface area (Å²) in [5, 5.41) is 0. The number of ketones is 1. The molecule has 0 aliphatic carbocycles. The molecule has 2 heteroatoms. The van der Waals surface area contributed by atoms with Gasteiger partial charge in [0, 0.05) is 21.7 Å². The first-order valence-electron chi connectivity index (χ1n) is 5.39. The number of carbonyl (C=O) groups is 1. The second kappa shape index (κ2) is 5.08. The zero-order valence-corrected chi connectivity index (χ0v) is 10.1. The fourth-order valence-corrected chi connectivity index (χ4v) is 2.51. The highest BCUT2D eigenvalue weighted by molar-refractivity contribution is 7.11. The maximum Gasteiger partial charge on any atom is 0.163 e. The van der Waals surface area contributed by atoms with Crippen LogP contribution in [0.3, 0.4) is 0 Å². The third-order valence-corrected chi connectivity index (χ3v) is 3.55. The van der Waals surface area contributed by atoms with Gasteiger partial charge in [-0.2, -0.15) is 0 Å². The van der Waals surface area contributed by atoms with Gasteiger partial charge < -0.3 is 0 Å². The Balaban J connectivity index is 1.94. The van der Waals surface area contributed by atoms with E-state index < -0.39 is 0 Å². The van der Waals surface area contributed by atoms with Gasteiger partial charge in [0.2, 0.25) is 0 Å². The lowest BCUT2D eigenvalue weighted by molar-refractivity contribution is 0.0983. The molecular formula is C14H14OS. The summed E-state index contributed by atoms with van der Waals surface area (Å²) in [6.45, 7) is 2.09. The van der Waals surface area contributed by atoms with Gasteiger partial charge in [-0.25, -0.2) is 0 Å². The first-order chi connectivity index (χ1) is 7.75. The quantitative estimate of drug-likeness (QED) is 0.729. The molecule has 1 heterocycles. The van der Waals surface area contributed by atoms with Crippen molar-refractivity contribution in [2.24, 2.45) is 0 Å². The molecule has 0 fully saturated rings. The molecule has 0 saturated carbocycles. The van der Waals surface area contributed by atoms with E-state index in [0.29, 0.717) is 6.42 Å². The lowest BCUT2D eigenvalue weighted by Gasteiger charge is -1.99. The van der Waals surface area contributed by atoms with E-state index in [0.717, 1.165) is 12.0 Å². The lowest BCUT2D eigenvalue weighted by atomic mass is 10.1. The van der Waals surface area contributed by atoms with Crippen molar-refractivity contribution in [3.63, 3.8) is 0 Å². The van der Waals surface area contributed by atoms with Crippen LogP contribution in [0, 0.1) is 6.92 Å². The number of hydrogen-bond acceptors (Lipinski definition) is 2. The average molecular weight is 230 g/mol. The first kappa shape index (κ1) is 11.1. The molecule has 16 heavy (non-hydrogen) atoms. The summed E-state index contributed by atoms with van der Waals surface area (Å²) >= 11 is 1.77. The number of benzene rings is 1. The van der Waals surface area contributed by atoms with E-state index in [4.69, 9.17) is 0 Å². The summed E-state index contributed by atoms with van der Waals surface area (Å²) in [5.41, 5.74) is 0.816. The van der Waals surface area contributed by atoms with Crippen LogP contribution in [0.1, 0.15) is 26.5 Å². The summed E-state index contributed by atoms with van der Waals surface area (Å²) in [6, 6.07) is 13.7. The van der Waals surface area contributed by atoms with Gasteiger partial charge >= 0.3 is 0 Å². The molecule has 2 aromatic rings. The fourth-order valence-electron chi connectivity index (χ4n) is 1.62. The van der Waals surface area contributed by atoms with Crippen LogP contribution in [0.4, 0.5) is 0 Å². The van der Waals surface area contributed by atoms with Gasteiger partial charge in [0.05, 0.1) is 0 Å². The number of hydrogen-bond donors (Lipinski definition) is 0. The standard InChI is InChI=1S/C14H14OS/c1-11-7-8-13(16-11)9-10-14(15)12-5-3-2-4-6-12/h2-8H,9-10H2,1H3. The Bertz CT molecular complexity index is 470. The Morgan fingerprint density at radius 2 is 1.88 bits per heavy atom. The van der Waals surface area contributed by atoms with Crippen molar-refractivity contribution in [3.05, 3.63) is 57.8 Å². The van der Waals surface area contributed by atoms with Gasteiger partial charge in [-0.1, -0.05) is 30.3 Å². The average Bonchev–Trinajstić information content (AvgIpc) is 2.73. The summed E-state index contributed by atoms with van der Waals surface area (Å²) < 4.78 is 0. The Kier molecular flexibility index (Phi) is 3.52. The van der Waals surface area contributed by atoms with Crippen LogP contribution in [0.15, 0.2) is 42.5 Å². The summed E-state index contributed by atoms with van der Waals surface area (Å²) in [6.07, 6.45) is 1.45. The Morgan fingerprint density at radius 3 is 2.50 bits per heavy atom. The van der Waals surface area contributed by atoms with Gasteiger partial charge in [0.25, 0.3) is 0 Å². The van der Waals surface area contributed by atoms with Gasteiger partial charge in [0.15, 0.2) is 5.78 Å². The molecule has 2 rings (SSSR count). The van der Waals surface area contributed by atoms with Crippen molar-refractivity contribution in [3.8, 4) is 0 Å². The van der Waals surface area contributed by atoms with E-state index in [2.05, 4.69) is 19.1 Å². The molecule has 0 spiro atoms. The van der Waals surface area contributed by atoms with E-state index in [1.165, 1.54) is 9.75 Å². The molecule has 82 valence electrons. The normalized spacial score (nSPS) is 10.3. The first-order valence-corrected chi connectivity index (χ1v) is 6.21. The van der Waals surface area contributed by atoms with E-state index in [1.807, 2.05) is 30.3 Å². The largest absolute Gasteiger partial charge is 0.294 e. The van der Waals surface area contributed by atoms with Gasteiger partial charge in [-0.3, -0.25) is 4.79 Å². The van der Waals surface area contributed by atoms with E-state index >= 15 is 0 Å². The molecule has 0 saturated heterocycles. The highest BCUT2D eigenvalue weighted by atomic mass is 32.1. The van der Waals surface area contributed by atoms with Crippen LogP contribution in [0.5, 0.6) is 0 Å². The second-order valence-electron chi connectivity index (χ2n) is 3.80. The third kappa shape index (κ3) is 2.80. The van der Waals surface area contributed by atoms with Crippen molar-refractivity contribution in [1.29, 1.82) is 0 Å². The van der Waals surface area contributed by atoms with Gasteiger partial charge in [0.1, 0.15) is 0 Å². The molecule has 1 nitrogen and oxygen atoms in total. The van der Waals surface area contributed by atoms with E-state index in [1.54, 1.807) is 11.3 Å². The molecule has 0 bridgehead atoms. The number of thiophene rings is 1. The van der Waals surface area contributed by atoms with Crippen LogP contribution < -0.4 is 0 Å². The number of Topliss-reactive ketones (excluding diaryl/α,β-unsaturated/α-hetero) is 1. The number of rotatable bonds is 4. The molecule has 0 aliphatic rings. The SMILES string of the molecule is Cc1ccc(CCC(=O)c2ccccc2)s1. The van der Waals surface area contributed by atoms with E-state index in [-0.39, 0.29) is 5.78 Å². The predicted octanol–water partition coefficient (Wildman–Crippen LogP) is 3.87. The minimum Gasteiger partial charge on any atom is -0.294 e.